The Kier molecular flexibility index (Phi) is 6.05. The van der Waals surface area contributed by atoms with Crippen molar-refractivity contribution in [2.45, 2.75) is 43.5 Å². The smallest absolute Gasteiger partial charge is 0.240 e. The highest BCUT2D eigenvalue weighted by atomic mass is 35.5. The molecular weight excluding hydrogens is 308 g/mol. The molecule has 0 aliphatic heterocycles. The van der Waals surface area contributed by atoms with Gasteiger partial charge in [-0.25, -0.2) is 13.1 Å². The molecule has 1 aromatic carbocycles. The molecule has 2 rings (SSSR count). The highest BCUT2D eigenvalue weighted by Gasteiger charge is 2.18. The second kappa shape index (κ2) is 7.58. The van der Waals surface area contributed by atoms with Crippen LogP contribution in [0.5, 0.6) is 0 Å². The van der Waals surface area contributed by atoms with Gasteiger partial charge in [-0.3, -0.25) is 0 Å². The zero-order valence-corrected chi connectivity index (χ0v) is 13.9. The van der Waals surface area contributed by atoms with Gasteiger partial charge in [0, 0.05) is 18.1 Å². The van der Waals surface area contributed by atoms with Gasteiger partial charge in [-0.2, -0.15) is 0 Å². The van der Waals surface area contributed by atoms with E-state index in [1.807, 2.05) is 0 Å². The SMILES string of the molecule is CNCc1cc(S(=O)(=O)NCCC2CCCC2)ccc1Cl. The molecule has 0 atom stereocenters. The molecule has 1 aromatic rings. The number of halogens is 1. The third-order valence-electron chi connectivity index (χ3n) is 4.01. The highest BCUT2D eigenvalue weighted by molar-refractivity contribution is 7.89. The fraction of sp³-hybridized carbons (Fsp3) is 0.600. The maximum absolute atomic E-state index is 12.3. The fourth-order valence-electron chi connectivity index (χ4n) is 2.82. The van der Waals surface area contributed by atoms with E-state index in [0.29, 0.717) is 24.0 Å². The number of hydrogen-bond donors (Lipinski definition) is 2. The quantitative estimate of drug-likeness (QED) is 0.808. The van der Waals surface area contributed by atoms with Gasteiger partial charge in [0.25, 0.3) is 0 Å². The summed E-state index contributed by atoms with van der Waals surface area (Å²) in [5, 5.41) is 3.56. The lowest BCUT2D eigenvalue weighted by molar-refractivity contribution is 0.495. The summed E-state index contributed by atoms with van der Waals surface area (Å²) in [5.74, 6) is 0.678. The summed E-state index contributed by atoms with van der Waals surface area (Å²) in [4.78, 5) is 0.281. The monoisotopic (exact) mass is 330 g/mol. The van der Waals surface area contributed by atoms with Crippen LogP contribution in [0.1, 0.15) is 37.7 Å². The van der Waals surface area contributed by atoms with E-state index in [1.54, 1.807) is 25.2 Å². The van der Waals surface area contributed by atoms with E-state index >= 15 is 0 Å². The minimum atomic E-state index is -3.45. The van der Waals surface area contributed by atoms with Gasteiger partial charge < -0.3 is 5.32 Å². The third kappa shape index (κ3) is 4.68. The van der Waals surface area contributed by atoms with Gasteiger partial charge in [0.1, 0.15) is 0 Å². The van der Waals surface area contributed by atoms with Gasteiger partial charge in [-0.15, -0.1) is 0 Å². The predicted octanol–water partition coefficient (Wildman–Crippen LogP) is 2.92. The maximum atomic E-state index is 12.3. The van der Waals surface area contributed by atoms with Crippen molar-refractivity contribution in [3.63, 3.8) is 0 Å². The van der Waals surface area contributed by atoms with Crippen molar-refractivity contribution in [3.05, 3.63) is 28.8 Å². The Bertz CT molecular complexity index is 569. The van der Waals surface area contributed by atoms with Crippen LogP contribution in [0.4, 0.5) is 0 Å². The predicted molar refractivity (Wildman–Crippen MR) is 86.0 cm³/mol. The zero-order chi connectivity index (χ0) is 15.3. The van der Waals surface area contributed by atoms with Gasteiger partial charge in [0.15, 0.2) is 0 Å². The number of hydrogen-bond acceptors (Lipinski definition) is 3. The van der Waals surface area contributed by atoms with Crippen LogP contribution in [0.3, 0.4) is 0 Å². The lowest BCUT2D eigenvalue weighted by atomic mass is 10.1. The van der Waals surface area contributed by atoms with Gasteiger partial charge in [0.05, 0.1) is 4.90 Å². The molecule has 4 nitrogen and oxygen atoms in total. The summed E-state index contributed by atoms with van der Waals surface area (Å²) in [5.41, 5.74) is 0.790. The van der Waals surface area contributed by atoms with Crippen molar-refractivity contribution in [2.75, 3.05) is 13.6 Å². The maximum Gasteiger partial charge on any atom is 0.240 e. The second-order valence-corrected chi connectivity index (χ2v) is 7.79. The van der Waals surface area contributed by atoms with E-state index in [1.165, 1.54) is 25.7 Å². The molecule has 21 heavy (non-hydrogen) atoms. The molecule has 0 bridgehead atoms. The molecule has 1 aliphatic carbocycles. The summed E-state index contributed by atoms with van der Waals surface area (Å²) in [7, 11) is -1.64. The summed E-state index contributed by atoms with van der Waals surface area (Å²) in [6, 6.07) is 4.83. The molecule has 1 saturated carbocycles. The lowest BCUT2D eigenvalue weighted by Gasteiger charge is -2.12. The second-order valence-electron chi connectivity index (χ2n) is 5.62. The first-order valence-electron chi connectivity index (χ1n) is 7.45. The molecule has 1 aliphatic rings. The molecule has 6 heteroatoms. The largest absolute Gasteiger partial charge is 0.316 e. The molecule has 0 spiro atoms. The Morgan fingerprint density at radius 2 is 2.00 bits per heavy atom. The first-order valence-corrected chi connectivity index (χ1v) is 9.32. The topological polar surface area (TPSA) is 58.2 Å². The van der Waals surface area contributed by atoms with Crippen LogP contribution in [-0.2, 0) is 16.6 Å². The lowest BCUT2D eigenvalue weighted by Crippen LogP contribution is -2.26. The molecule has 0 saturated heterocycles. The third-order valence-corrected chi connectivity index (χ3v) is 5.84. The number of benzene rings is 1. The Morgan fingerprint density at radius 1 is 1.29 bits per heavy atom. The van der Waals surface area contributed by atoms with Crippen molar-refractivity contribution in [1.82, 2.24) is 10.0 Å². The molecule has 0 unspecified atom stereocenters. The molecule has 118 valence electrons. The average molecular weight is 331 g/mol. The molecule has 0 amide bonds. The molecule has 1 fully saturated rings. The van der Waals surface area contributed by atoms with E-state index in [2.05, 4.69) is 10.0 Å². The van der Waals surface area contributed by atoms with Crippen molar-refractivity contribution in [2.24, 2.45) is 5.92 Å². The van der Waals surface area contributed by atoms with Crippen molar-refractivity contribution >= 4 is 21.6 Å². The Balaban J connectivity index is 1.99. The van der Waals surface area contributed by atoms with Gasteiger partial charge >= 0.3 is 0 Å². The summed E-state index contributed by atoms with van der Waals surface area (Å²) in [6.07, 6.45) is 5.95. The minimum absolute atomic E-state index is 0.281. The van der Waals surface area contributed by atoms with Crippen LogP contribution in [0.15, 0.2) is 23.1 Å². The van der Waals surface area contributed by atoms with Crippen molar-refractivity contribution in [1.29, 1.82) is 0 Å². The highest BCUT2D eigenvalue weighted by Crippen LogP contribution is 2.27. The van der Waals surface area contributed by atoms with Crippen molar-refractivity contribution < 1.29 is 8.42 Å². The van der Waals surface area contributed by atoms with E-state index < -0.39 is 10.0 Å². The molecule has 0 radical (unpaired) electrons. The summed E-state index contributed by atoms with van der Waals surface area (Å²) in [6.45, 7) is 1.06. The normalized spacial score (nSPS) is 16.5. The minimum Gasteiger partial charge on any atom is -0.316 e. The number of rotatable bonds is 7. The Morgan fingerprint density at radius 3 is 2.67 bits per heavy atom. The van der Waals surface area contributed by atoms with Crippen LogP contribution < -0.4 is 10.0 Å². The number of nitrogens with one attached hydrogen (secondary N) is 2. The number of sulfonamides is 1. The van der Waals surface area contributed by atoms with E-state index in [-0.39, 0.29) is 4.90 Å². The van der Waals surface area contributed by atoms with Gasteiger partial charge in [-0.1, -0.05) is 37.3 Å². The van der Waals surface area contributed by atoms with Crippen LogP contribution in [0.25, 0.3) is 0 Å². The van der Waals surface area contributed by atoms with Gasteiger partial charge in [-0.05, 0) is 43.1 Å². The van der Waals surface area contributed by atoms with Crippen molar-refractivity contribution in [3.8, 4) is 0 Å². The van der Waals surface area contributed by atoms with Crippen LogP contribution in [0.2, 0.25) is 5.02 Å². The van der Waals surface area contributed by atoms with Gasteiger partial charge in [0.2, 0.25) is 10.0 Å². The van der Waals surface area contributed by atoms with Crippen LogP contribution in [-0.4, -0.2) is 22.0 Å². The Hall–Kier alpha value is -0.620. The molecule has 2 N–H and O–H groups in total. The first-order chi connectivity index (χ1) is 10.0. The van der Waals surface area contributed by atoms with Crippen LogP contribution in [0, 0.1) is 5.92 Å². The molecular formula is C15H23ClN2O2S. The standard InChI is InChI=1S/C15H23ClN2O2S/c1-17-11-13-10-14(6-7-15(13)16)21(19,20)18-9-8-12-4-2-3-5-12/h6-7,10,12,17-18H,2-5,8-9,11H2,1H3. The molecule has 0 heterocycles. The van der Waals surface area contributed by atoms with E-state index in [4.69, 9.17) is 11.6 Å². The fourth-order valence-corrected chi connectivity index (χ4v) is 4.11. The van der Waals surface area contributed by atoms with Crippen LogP contribution >= 0.6 is 11.6 Å². The van der Waals surface area contributed by atoms with E-state index in [9.17, 15) is 8.42 Å². The van der Waals surface area contributed by atoms with E-state index in [0.717, 1.165) is 12.0 Å². The summed E-state index contributed by atoms with van der Waals surface area (Å²) >= 11 is 6.06. The zero-order valence-electron chi connectivity index (χ0n) is 12.4. The Labute approximate surface area is 132 Å². The molecule has 0 aromatic heterocycles. The first kappa shape index (κ1) is 16.7. The average Bonchev–Trinajstić information content (AvgIpc) is 2.94. The summed E-state index contributed by atoms with van der Waals surface area (Å²) < 4.78 is 27.3.